The molecule has 0 aliphatic heterocycles. The Balaban J connectivity index is 1.58. The van der Waals surface area contributed by atoms with Crippen LogP contribution in [-0.2, 0) is 16.1 Å². The number of anilines is 1. The lowest BCUT2D eigenvalue weighted by Gasteiger charge is -2.15. The van der Waals surface area contributed by atoms with Crippen molar-refractivity contribution >= 4 is 17.6 Å². The number of methoxy groups -OCH3 is 1. The van der Waals surface area contributed by atoms with Crippen molar-refractivity contribution in [1.29, 1.82) is 0 Å². The molecule has 0 fully saturated rings. The Hall–Kier alpha value is -3.87. The number of carbonyl (C=O) groups is 2. The van der Waals surface area contributed by atoms with Gasteiger partial charge >= 0.3 is 5.97 Å². The van der Waals surface area contributed by atoms with Crippen LogP contribution < -0.4 is 14.8 Å². The lowest BCUT2D eigenvalue weighted by molar-refractivity contribution is -0.123. The molecule has 0 radical (unpaired) electrons. The average molecular weight is 423 g/mol. The van der Waals surface area contributed by atoms with Gasteiger partial charge in [-0.25, -0.2) is 9.18 Å². The van der Waals surface area contributed by atoms with Gasteiger partial charge in [0.1, 0.15) is 23.9 Å². The van der Waals surface area contributed by atoms with Crippen molar-refractivity contribution in [3.8, 4) is 11.5 Å². The summed E-state index contributed by atoms with van der Waals surface area (Å²) < 4.78 is 29.1. The Morgan fingerprint density at radius 1 is 1.00 bits per heavy atom. The van der Waals surface area contributed by atoms with E-state index in [9.17, 15) is 14.0 Å². The second-order valence-electron chi connectivity index (χ2n) is 6.68. The fourth-order valence-corrected chi connectivity index (χ4v) is 2.72. The highest BCUT2D eigenvalue weighted by atomic mass is 19.1. The highest BCUT2D eigenvalue weighted by molar-refractivity contribution is 5.98. The predicted molar refractivity (Wildman–Crippen MR) is 114 cm³/mol. The second-order valence-corrected chi connectivity index (χ2v) is 6.68. The SMILES string of the molecule is COc1ccccc1NC(=O)C(C)OC(=O)c1cccc(OCc2ccc(F)cc2)c1. The number of para-hydroxylation sites is 2. The normalized spacial score (nSPS) is 11.3. The average Bonchev–Trinajstić information content (AvgIpc) is 2.79. The summed E-state index contributed by atoms with van der Waals surface area (Å²) in [6.45, 7) is 1.70. The number of benzene rings is 3. The highest BCUT2D eigenvalue weighted by Crippen LogP contribution is 2.23. The molecule has 6 nitrogen and oxygen atoms in total. The van der Waals surface area contributed by atoms with Crippen LogP contribution in [0, 0.1) is 5.82 Å². The van der Waals surface area contributed by atoms with Crippen LogP contribution in [0.4, 0.5) is 10.1 Å². The quantitative estimate of drug-likeness (QED) is 0.536. The molecule has 160 valence electrons. The maximum Gasteiger partial charge on any atom is 0.339 e. The molecule has 0 bridgehead atoms. The van der Waals surface area contributed by atoms with Crippen LogP contribution in [0.5, 0.6) is 11.5 Å². The predicted octanol–water partition coefficient (Wildman–Crippen LogP) is 4.60. The summed E-state index contributed by atoms with van der Waals surface area (Å²) >= 11 is 0. The molecule has 0 saturated carbocycles. The number of carbonyl (C=O) groups excluding carboxylic acids is 2. The van der Waals surface area contributed by atoms with E-state index < -0.39 is 18.0 Å². The van der Waals surface area contributed by atoms with Gasteiger partial charge in [0.05, 0.1) is 18.4 Å². The first kappa shape index (κ1) is 21.8. The number of amides is 1. The summed E-state index contributed by atoms with van der Waals surface area (Å²) in [7, 11) is 1.50. The van der Waals surface area contributed by atoms with Gasteiger partial charge in [-0.3, -0.25) is 4.79 Å². The third-order valence-corrected chi connectivity index (χ3v) is 4.41. The summed E-state index contributed by atoms with van der Waals surface area (Å²) in [4.78, 5) is 24.9. The molecule has 31 heavy (non-hydrogen) atoms. The first-order valence-corrected chi connectivity index (χ1v) is 9.58. The van der Waals surface area contributed by atoms with E-state index in [4.69, 9.17) is 14.2 Å². The lowest BCUT2D eigenvalue weighted by Crippen LogP contribution is -2.30. The molecule has 0 aliphatic rings. The molecule has 7 heteroatoms. The van der Waals surface area contributed by atoms with E-state index in [1.807, 2.05) is 0 Å². The molecular weight excluding hydrogens is 401 g/mol. The van der Waals surface area contributed by atoms with Crippen LogP contribution in [-0.4, -0.2) is 25.1 Å². The van der Waals surface area contributed by atoms with Gasteiger partial charge in [-0.15, -0.1) is 0 Å². The minimum Gasteiger partial charge on any atom is -0.495 e. The van der Waals surface area contributed by atoms with E-state index in [0.29, 0.717) is 17.2 Å². The van der Waals surface area contributed by atoms with Gasteiger partial charge in [-0.2, -0.15) is 0 Å². The molecule has 1 amide bonds. The molecule has 3 aromatic rings. The zero-order chi connectivity index (χ0) is 22.2. The zero-order valence-corrected chi connectivity index (χ0v) is 17.1. The zero-order valence-electron chi connectivity index (χ0n) is 17.1. The van der Waals surface area contributed by atoms with Gasteiger partial charge < -0.3 is 19.5 Å². The Morgan fingerprint density at radius 3 is 2.48 bits per heavy atom. The fraction of sp³-hybridized carbons (Fsp3) is 0.167. The molecule has 1 unspecified atom stereocenters. The van der Waals surface area contributed by atoms with Crippen molar-refractivity contribution in [2.45, 2.75) is 19.6 Å². The number of nitrogens with one attached hydrogen (secondary N) is 1. The molecule has 1 N–H and O–H groups in total. The van der Waals surface area contributed by atoms with Crippen LogP contribution in [0.1, 0.15) is 22.8 Å². The number of hydrogen-bond donors (Lipinski definition) is 1. The van der Waals surface area contributed by atoms with Gasteiger partial charge in [0.15, 0.2) is 6.10 Å². The van der Waals surface area contributed by atoms with E-state index in [-0.39, 0.29) is 18.0 Å². The molecule has 0 aliphatic carbocycles. The van der Waals surface area contributed by atoms with Crippen LogP contribution in [0.2, 0.25) is 0 Å². The van der Waals surface area contributed by atoms with Crippen molar-refractivity contribution in [2.75, 3.05) is 12.4 Å². The first-order valence-electron chi connectivity index (χ1n) is 9.58. The number of hydrogen-bond acceptors (Lipinski definition) is 5. The van der Waals surface area contributed by atoms with Crippen molar-refractivity contribution in [1.82, 2.24) is 0 Å². The molecule has 1 atom stereocenters. The highest BCUT2D eigenvalue weighted by Gasteiger charge is 2.20. The molecule has 3 rings (SSSR count). The second kappa shape index (κ2) is 10.2. The van der Waals surface area contributed by atoms with Gasteiger partial charge in [-0.1, -0.05) is 30.3 Å². The van der Waals surface area contributed by atoms with Gasteiger partial charge in [-0.05, 0) is 55.0 Å². The van der Waals surface area contributed by atoms with Crippen molar-refractivity contribution < 1.29 is 28.2 Å². The molecular formula is C24H22FNO5. The van der Waals surface area contributed by atoms with Crippen molar-refractivity contribution in [3.63, 3.8) is 0 Å². The molecule has 0 saturated heterocycles. The number of rotatable bonds is 8. The van der Waals surface area contributed by atoms with E-state index in [1.54, 1.807) is 54.6 Å². The molecule has 0 spiro atoms. The number of esters is 1. The fourth-order valence-electron chi connectivity index (χ4n) is 2.72. The largest absolute Gasteiger partial charge is 0.495 e. The first-order chi connectivity index (χ1) is 15.0. The van der Waals surface area contributed by atoms with Crippen LogP contribution in [0.3, 0.4) is 0 Å². The number of halogens is 1. The minimum atomic E-state index is -1.03. The third-order valence-electron chi connectivity index (χ3n) is 4.41. The smallest absolute Gasteiger partial charge is 0.339 e. The Bertz CT molecular complexity index is 1050. The maximum absolute atomic E-state index is 13.0. The monoisotopic (exact) mass is 423 g/mol. The Labute approximate surface area is 179 Å². The molecule has 0 aromatic heterocycles. The standard InChI is InChI=1S/C24H22FNO5/c1-16(23(27)26-21-8-3-4-9-22(21)29-2)31-24(28)18-6-5-7-20(14-18)30-15-17-10-12-19(25)13-11-17/h3-14,16H,15H2,1-2H3,(H,26,27). The summed E-state index contributed by atoms with van der Waals surface area (Å²) in [5.74, 6) is -0.515. The van der Waals surface area contributed by atoms with Gasteiger partial charge in [0.25, 0.3) is 5.91 Å². The minimum absolute atomic E-state index is 0.219. The van der Waals surface area contributed by atoms with E-state index >= 15 is 0 Å². The molecule has 3 aromatic carbocycles. The summed E-state index contributed by atoms with van der Waals surface area (Å²) in [5.41, 5.74) is 1.51. The third kappa shape index (κ3) is 6.05. The Kier molecular flexibility index (Phi) is 7.22. The van der Waals surface area contributed by atoms with Crippen LogP contribution >= 0.6 is 0 Å². The van der Waals surface area contributed by atoms with Gasteiger partial charge in [0, 0.05) is 0 Å². The van der Waals surface area contributed by atoms with Crippen molar-refractivity contribution in [3.05, 3.63) is 89.7 Å². The summed E-state index contributed by atoms with van der Waals surface area (Å²) in [6, 6.07) is 19.3. The van der Waals surface area contributed by atoms with E-state index in [2.05, 4.69) is 5.32 Å². The van der Waals surface area contributed by atoms with E-state index in [0.717, 1.165) is 5.56 Å². The topological polar surface area (TPSA) is 73.9 Å². The number of ether oxygens (including phenoxy) is 3. The molecule has 0 heterocycles. The lowest BCUT2D eigenvalue weighted by atomic mass is 10.2. The Morgan fingerprint density at radius 2 is 1.74 bits per heavy atom. The van der Waals surface area contributed by atoms with Gasteiger partial charge in [0.2, 0.25) is 0 Å². The van der Waals surface area contributed by atoms with Crippen LogP contribution in [0.25, 0.3) is 0 Å². The van der Waals surface area contributed by atoms with Crippen LogP contribution in [0.15, 0.2) is 72.8 Å². The maximum atomic E-state index is 13.0. The van der Waals surface area contributed by atoms with Crippen molar-refractivity contribution in [2.24, 2.45) is 0 Å². The van der Waals surface area contributed by atoms with E-state index in [1.165, 1.54) is 32.2 Å². The summed E-state index contributed by atoms with van der Waals surface area (Å²) in [5, 5.41) is 2.68. The summed E-state index contributed by atoms with van der Waals surface area (Å²) in [6.07, 6.45) is -1.03.